The van der Waals surface area contributed by atoms with Gasteiger partial charge in [-0.3, -0.25) is 4.79 Å². The Hall–Kier alpha value is -1.98. The summed E-state index contributed by atoms with van der Waals surface area (Å²) in [5.74, 6) is -0.0845. The lowest BCUT2D eigenvalue weighted by Crippen LogP contribution is -2.16. The molecule has 0 aromatic heterocycles. The Morgan fingerprint density at radius 2 is 1.78 bits per heavy atom. The highest BCUT2D eigenvalue weighted by atomic mass is 19.4. The maximum Gasteiger partial charge on any atom is 0.417 e. The molecular weight excluding hydrogens is 307 g/mol. The maximum absolute atomic E-state index is 13.0. The SMILES string of the molecule is NC(=O)/C=C(/c1ccc(OCC2CCCCC2)cc1)C(F)(F)F. The molecule has 1 aromatic rings. The maximum atomic E-state index is 13.0. The van der Waals surface area contributed by atoms with Crippen molar-refractivity contribution in [3.05, 3.63) is 35.9 Å². The van der Waals surface area contributed by atoms with Crippen LogP contribution in [-0.4, -0.2) is 18.7 Å². The Balaban J connectivity index is 2.04. The Bertz CT molecular complexity index is 558. The van der Waals surface area contributed by atoms with Crippen LogP contribution in [-0.2, 0) is 4.79 Å². The monoisotopic (exact) mass is 327 g/mol. The third-order valence-electron chi connectivity index (χ3n) is 3.97. The number of alkyl halides is 3. The van der Waals surface area contributed by atoms with Crippen molar-refractivity contribution in [2.24, 2.45) is 11.7 Å². The van der Waals surface area contributed by atoms with Crippen molar-refractivity contribution in [2.75, 3.05) is 6.61 Å². The molecule has 2 N–H and O–H groups in total. The molecule has 1 amide bonds. The zero-order chi connectivity index (χ0) is 16.9. The molecule has 0 unspecified atom stereocenters. The molecular formula is C17H20F3NO2. The fourth-order valence-corrected chi connectivity index (χ4v) is 2.77. The lowest BCUT2D eigenvalue weighted by atomic mass is 9.90. The van der Waals surface area contributed by atoms with Crippen molar-refractivity contribution in [1.82, 2.24) is 0 Å². The van der Waals surface area contributed by atoms with Crippen molar-refractivity contribution >= 4 is 11.5 Å². The zero-order valence-electron chi connectivity index (χ0n) is 12.7. The molecule has 0 atom stereocenters. The number of halogens is 3. The van der Waals surface area contributed by atoms with E-state index in [1.54, 1.807) is 0 Å². The molecule has 3 nitrogen and oxygen atoms in total. The second-order valence-corrected chi connectivity index (χ2v) is 5.80. The van der Waals surface area contributed by atoms with Crippen LogP contribution in [0.5, 0.6) is 5.75 Å². The minimum Gasteiger partial charge on any atom is -0.493 e. The highest BCUT2D eigenvalue weighted by Gasteiger charge is 2.35. The van der Waals surface area contributed by atoms with Gasteiger partial charge in [0.25, 0.3) is 0 Å². The highest BCUT2D eigenvalue weighted by Crippen LogP contribution is 2.34. The number of carbonyl (C=O) groups excluding carboxylic acids is 1. The lowest BCUT2D eigenvalue weighted by molar-refractivity contribution is -0.114. The standard InChI is InChI=1S/C17H20F3NO2/c18-17(19,20)15(10-16(21)22)13-6-8-14(9-7-13)23-11-12-4-2-1-3-5-12/h6-10,12H,1-5,11H2,(H2,21,22)/b15-10-. The topological polar surface area (TPSA) is 52.3 Å². The van der Waals surface area contributed by atoms with E-state index in [4.69, 9.17) is 10.5 Å². The largest absolute Gasteiger partial charge is 0.493 e. The summed E-state index contributed by atoms with van der Waals surface area (Å²) in [5, 5.41) is 0. The molecule has 2 rings (SSSR count). The summed E-state index contributed by atoms with van der Waals surface area (Å²) < 4.78 is 44.5. The van der Waals surface area contributed by atoms with Gasteiger partial charge in [-0.1, -0.05) is 31.4 Å². The summed E-state index contributed by atoms with van der Waals surface area (Å²) in [6.45, 7) is 0.586. The van der Waals surface area contributed by atoms with Gasteiger partial charge in [0, 0.05) is 6.08 Å². The van der Waals surface area contributed by atoms with Crippen molar-refractivity contribution in [3.63, 3.8) is 0 Å². The van der Waals surface area contributed by atoms with Gasteiger partial charge in [-0.2, -0.15) is 13.2 Å². The zero-order valence-corrected chi connectivity index (χ0v) is 12.7. The van der Waals surface area contributed by atoms with Crippen LogP contribution in [0.2, 0.25) is 0 Å². The number of allylic oxidation sites excluding steroid dienone is 1. The number of benzene rings is 1. The van der Waals surface area contributed by atoms with Crippen LogP contribution in [0.15, 0.2) is 30.3 Å². The fourth-order valence-electron chi connectivity index (χ4n) is 2.77. The molecule has 0 heterocycles. The molecule has 126 valence electrons. The molecule has 6 heteroatoms. The molecule has 1 saturated carbocycles. The second-order valence-electron chi connectivity index (χ2n) is 5.80. The Kier molecular flexibility index (Phi) is 5.69. The summed E-state index contributed by atoms with van der Waals surface area (Å²) in [4.78, 5) is 10.8. The number of primary amides is 1. The van der Waals surface area contributed by atoms with E-state index in [2.05, 4.69) is 0 Å². The van der Waals surface area contributed by atoms with Crippen molar-refractivity contribution in [1.29, 1.82) is 0 Å². The van der Waals surface area contributed by atoms with Crippen LogP contribution in [0.4, 0.5) is 13.2 Å². The average Bonchev–Trinajstić information content (AvgIpc) is 2.51. The van der Waals surface area contributed by atoms with Gasteiger partial charge in [0.05, 0.1) is 12.2 Å². The first-order valence-electron chi connectivity index (χ1n) is 7.68. The average molecular weight is 327 g/mol. The van der Waals surface area contributed by atoms with E-state index in [1.165, 1.54) is 43.5 Å². The van der Waals surface area contributed by atoms with Gasteiger partial charge >= 0.3 is 6.18 Å². The molecule has 0 bridgehead atoms. The molecule has 1 aliphatic carbocycles. The minimum absolute atomic E-state index is 0.110. The minimum atomic E-state index is -4.64. The smallest absolute Gasteiger partial charge is 0.417 e. The summed E-state index contributed by atoms with van der Waals surface area (Å²) in [5.41, 5.74) is 3.69. The number of hydrogen-bond donors (Lipinski definition) is 1. The van der Waals surface area contributed by atoms with E-state index in [1.807, 2.05) is 0 Å². The van der Waals surface area contributed by atoms with Gasteiger partial charge in [0.1, 0.15) is 5.75 Å². The Morgan fingerprint density at radius 1 is 1.17 bits per heavy atom. The lowest BCUT2D eigenvalue weighted by Gasteiger charge is -2.21. The van der Waals surface area contributed by atoms with Crippen molar-refractivity contribution in [3.8, 4) is 5.75 Å². The fraction of sp³-hybridized carbons (Fsp3) is 0.471. The predicted molar refractivity (Wildman–Crippen MR) is 81.7 cm³/mol. The van der Waals surface area contributed by atoms with E-state index < -0.39 is 17.7 Å². The van der Waals surface area contributed by atoms with Crippen LogP contribution in [0.1, 0.15) is 37.7 Å². The molecule has 1 aromatic carbocycles. The summed E-state index contributed by atoms with van der Waals surface area (Å²) in [6, 6.07) is 5.55. The quantitative estimate of drug-likeness (QED) is 0.829. The van der Waals surface area contributed by atoms with Crippen LogP contribution in [0.3, 0.4) is 0 Å². The number of carbonyl (C=O) groups is 1. The van der Waals surface area contributed by atoms with Gasteiger partial charge in [-0.25, -0.2) is 0 Å². The van der Waals surface area contributed by atoms with Crippen LogP contribution < -0.4 is 10.5 Å². The normalized spacial score (nSPS) is 17.1. The van der Waals surface area contributed by atoms with Crippen LogP contribution in [0.25, 0.3) is 5.57 Å². The first-order valence-corrected chi connectivity index (χ1v) is 7.68. The van der Waals surface area contributed by atoms with Crippen molar-refractivity contribution < 1.29 is 22.7 Å². The molecule has 1 fully saturated rings. The highest BCUT2D eigenvalue weighted by molar-refractivity contribution is 5.95. The molecule has 0 spiro atoms. The number of hydrogen-bond acceptors (Lipinski definition) is 2. The molecule has 0 aliphatic heterocycles. The summed E-state index contributed by atoms with van der Waals surface area (Å²) >= 11 is 0. The van der Waals surface area contributed by atoms with Gasteiger partial charge < -0.3 is 10.5 Å². The third-order valence-corrected chi connectivity index (χ3v) is 3.97. The van der Waals surface area contributed by atoms with Crippen LogP contribution >= 0.6 is 0 Å². The van der Waals surface area contributed by atoms with Crippen molar-refractivity contribution in [2.45, 2.75) is 38.3 Å². The number of amides is 1. The first kappa shape index (κ1) is 17.4. The number of nitrogens with two attached hydrogens (primary N) is 1. The first-order chi connectivity index (χ1) is 10.9. The van der Waals surface area contributed by atoms with Gasteiger partial charge in [0.2, 0.25) is 5.91 Å². The number of rotatable bonds is 5. The van der Waals surface area contributed by atoms with E-state index in [0.29, 0.717) is 24.4 Å². The third kappa shape index (κ3) is 5.30. The van der Waals surface area contributed by atoms with E-state index in [0.717, 1.165) is 12.8 Å². The summed E-state index contributed by atoms with van der Waals surface area (Å²) in [7, 11) is 0. The van der Waals surface area contributed by atoms with Crippen LogP contribution in [0, 0.1) is 5.92 Å². The van der Waals surface area contributed by atoms with E-state index in [-0.39, 0.29) is 5.56 Å². The Morgan fingerprint density at radius 3 is 2.30 bits per heavy atom. The molecule has 1 aliphatic rings. The Labute approximate surface area is 133 Å². The van der Waals surface area contributed by atoms with Gasteiger partial charge in [-0.05, 0) is 36.5 Å². The predicted octanol–water partition coefficient (Wildman–Crippen LogP) is 4.08. The van der Waals surface area contributed by atoms with Gasteiger partial charge in [-0.15, -0.1) is 0 Å². The molecule has 0 radical (unpaired) electrons. The molecule has 0 saturated heterocycles. The second kappa shape index (κ2) is 7.53. The van der Waals surface area contributed by atoms with Gasteiger partial charge in [0.15, 0.2) is 0 Å². The number of ether oxygens (including phenoxy) is 1. The summed E-state index contributed by atoms with van der Waals surface area (Å²) in [6.07, 6.45) is 1.71. The molecule has 23 heavy (non-hydrogen) atoms. The van der Waals surface area contributed by atoms with E-state index in [9.17, 15) is 18.0 Å². The van der Waals surface area contributed by atoms with E-state index >= 15 is 0 Å².